The zero-order valence-electron chi connectivity index (χ0n) is 14.3. The van der Waals surface area contributed by atoms with Crippen molar-refractivity contribution in [2.24, 2.45) is 5.10 Å². The summed E-state index contributed by atoms with van der Waals surface area (Å²) < 4.78 is 0. The molecule has 0 radical (unpaired) electrons. The molecule has 3 rings (SSSR count). The molecule has 7 heteroatoms. The minimum atomic E-state index is -0.282. The lowest BCUT2D eigenvalue weighted by atomic mass is 10.0. The maximum Gasteiger partial charge on any atom is 0.281 e. The van der Waals surface area contributed by atoms with Crippen LogP contribution < -0.4 is 11.2 Å². The van der Waals surface area contributed by atoms with Gasteiger partial charge >= 0.3 is 0 Å². The topological polar surface area (TPSA) is 93.3 Å². The van der Waals surface area contributed by atoms with E-state index < -0.39 is 0 Å². The van der Waals surface area contributed by atoms with Crippen LogP contribution in [0, 0.1) is 6.92 Å². The fraction of sp³-hybridized carbons (Fsp3) is 0.222. The van der Waals surface area contributed by atoms with Gasteiger partial charge < -0.3 is 5.73 Å². The van der Waals surface area contributed by atoms with Crippen molar-refractivity contribution in [3.8, 4) is 0 Å². The predicted molar refractivity (Wildman–Crippen MR) is 102 cm³/mol. The molecule has 0 unspecified atom stereocenters. The van der Waals surface area contributed by atoms with Crippen LogP contribution in [-0.4, -0.2) is 22.1 Å². The van der Waals surface area contributed by atoms with E-state index >= 15 is 0 Å². The molecule has 1 amide bonds. The summed E-state index contributed by atoms with van der Waals surface area (Å²) in [6.07, 6.45) is 3.02. The van der Waals surface area contributed by atoms with Gasteiger partial charge in [0.05, 0.1) is 16.5 Å². The van der Waals surface area contributed by atoms with E-state index in [1.165, 1.54) is 23.2 Å². The molecule has 0 aliphatic carbocycles. The second-order valence-electron chi connectivity index (χ2n) is 6.02. The van der Waals surface area contributed by atoms with E-state index in [-0.39, 0.29) is 5.91 Å². The molecule has 6 nitrogen and oxygen atoms in total. The number of aromatic nitrogens is 2. The highest BCUT2D eigenvalue weighted by atomic mass is 32.1. The molecule has 3 aromatic rings. The number of carbonyl (C=O) groups is 1. The number of aryl methyl sites for hydroxylation is 1. The first-order valence-corrected chi connectivity index (χ1v) is 8.72. The van der Waals surface area contributed by atoms with Gasteiger partial charge in [0.2, 0.25) is 0 Å². The second-order valence-corrected chi connectivity index (χ2v) is 7.01. The number of amides is 1. The monoisotopic (exact) mass is 353 g/mol. The molecule has 0 spiro atoms. The third-order valence-electron chi connectivity index (χ3n) is 3.95. The molecule has 2 heterocycles. The van der Waals surface area contributed by atoms with Crippen molar-refractivity contribution < 1.29 is 4.79 Å². The number of rotatable bonds is 4. The van der Waals surface area contributed by atoms with Crippen molar-refractivity contribution in [1.29, 1.82) is 0 Å². The van der Waals surface area contributed by atoms with E-state index in [1.54, 1.807) is 6.21 Å². The summed E-state index contributed by atoms with van der Waals surface area (Å²) in [5.74, 6) is 0.582. The average molecular weight is 353 g/mol. The number of anilines is 1. The zero-order chi connectivity index (χ0) is 18.0. The van der Waals surface area contributed by atoms with Crippen molar-refractivity contribution in [3.63, 3.8) is 0 Å². The van der Waals surface area contributed by atoms with Crippen LogP contribution in [-0.2, 0) is 0 Å². The van der Waals surface area contributed by atoms with Gasteiger partial charge in [-0.25, -0.2) is 15.4 Å². The van der Waals surface area contributed by atoms with Crippen molar-refractivity contribution in [2.45, 2.75) is 26.7 Å². The number of benzene rings is 1. The highest BCUT2D eigenvalue weighted by Crippen LogP contribution is 2.31. The van der Waals surface area contributed by atoms with Crippen LogP contribution in [0.1, 0.15) is 46.1 Å². The van der Waals surface area contributed by atoms with E-state index in [2.05, 4.69) is 46.5 Å². The number of thiophene rings is 1. The zero-order valence-corrected chi connectivity index (χ0v) is 15.1. The fourth-order valence-corrected chi connectivity index (χ4v) is 3.55. The maximum atomic E-state index is 12.4. The Kier molecular flexibility index (Phi) is 4.76. The highest BCUT2D eigenvalue weighted by Gasteiger charge is 2.17. The molecule has 0 saturated carbocycles. The van der Waals surface area contributed by atoms with Crippen LogP contribution in [0.25, 0.3) is 10.2 Å². The first-order valence-electron chi connectivity index (χ1n) is 7.90. The number of nitrogens with zero attached hydrogens (tertiary/aromatic N) is 3. The average Bonchev–Trinajstić information content (AvgIpc) is 2.93. The molecule has 1 aromatic carbocycles. The first-order chi connectivity index (χ1) is 12.0. The number of fused-ring (bicyclic) bond motifs is 1. The number of nitrogens with one attached hydrogen (secondary N) is 1. The van der Waals surface area contributed by atoms with E-state index in [0.29, 0.717) is 21.4 Å². The van der Waals surface area contributed by atoms with Gasteiger partial charge in [0.15, 0.2) is 0 Å². The van der Waals surface area contributed by atoms with Gasteiger partial charge in [0.1, 0.15) is 17.0 Å². The summed E-state index contributed by atoms with van der Waals surface area (Å²) >= 11 is 1.28. The largest absolute Gasteiger partial charge is 0.383 e. The van der Waals surface area contributed by atoms with E-state index in [9.17, 15) is 4.79 Å². The second kappa shape index (κ2) is 6.98. The van der Waals surface area contributed by atoms with Crippen molar-refractivity contribution in [1.82, 2.24) is 15.4 Å². The standard InChI is InChI=1S/C18H19N5OS/c1-10(2)13-6-4-12(5-7-13)8-22-23-17(24)15-11(3)14-16(19)20-9-21-18(14)25-15/h4-10H,1-3H3,(H,23,24)(H2,19,20,21). The number of hydrazone groups is 1. The third-order valence-corrected chi connectivity index (χ3v) is 5.14. The summed E-state index contributed by atoms with van der Waals surface area (Å²) in [5, 5.41) is 4.77. The fourth-order valence-electron chi connectivity index (χ4n) is 2.50. The van der Waals surface area contributed by atoms with Gasteiger partial charge in [0, 0.05) is 0 Å². The molecular weight excluding hydrogens is 334 g/mol. The Morgan fingerprint density at radius 1 is 1.28 bits per heavy atom. The summed E-state index contributed by atoms with van der Waals surface area (Å²) in [6.45, 7) is 6.13. The Morgan fingerprint density at radius 2 is 2.00 bits per heavy atom. The SMILES string of the molecule is Cc1c(C(=O)NN=Cc2ccc(C(C)C)cc2)sc2ncnc(N)c12. The summed E-state index contributed by atoms with van der Waals surface area (Å²) in [5.41, 5.74) is 11.4. The molecule has 3 N–H and O–H groups in total. The van der Waals surface area contributed by atoms with Gasteiger partial charge in [0.25, 0.3) is 5.91 Å². The lowest BCUT2D eigenvalue weighted by Crippen LogP contribution is -2.17. The summed E-state index contributed by atoms with van der Waals surface area (Å²) in [7, 11) is 0. The number of nitrogen functional groups attached to an aromatic ring is 1. The smallest absolute Gasteiger partial charge is 0.281 e. The molecule has 0 fully saturated rings. The van der Waals surface area contributed by atoms with Gasteiger partial charge in [-0.1, -0.05) is 38.1 Å². The van der Waals surface area contributed by atoms with Crippen LogP contribution in [0.15, 0.2) is 35.7 Å². The number of hydrogen-bond donors (Lipinski definition) is 2. The lowest BCUT2D eigenvalue weighted by molar-refractivity contribution is 0.0958. The molecule has 0 atom stereocenters. The number of carbonyl (C=O) groups excluding carboxylic acids is 1. The Labute approximate surface area is 149 Å². The first kappa shape index (κ1) is 17.0. The van der Waals surface area contributed by atoms with Crippen molar-refractivity contribution >= 4 is 39.5 Å². The van der Waals surface area contributed by atoms with Crippen LogP contribution in [0.4, 0.5) is 5.82 Å². The Bertz CT molecular complexity index is 944. The van der Waals surface area contributed by atoms with Crippen LogP contribution >= 0.6 is 11.3 Å². The van der Waals surface area contributed by atoms with Gasteiger partial charge in [-0.3, -0.25) is 4.79 Å². The minimum Gasteiger partial charge on any atom is -0.383 e. The van der Waals surface area contributed by atoms with Crippen LogP contribution in [0.2, 0.25) is 0 Å². The molecule has 0 bridgehead atoms. The molecule has 0 aliphatic heterocycles. The Hall–Kier alpha value is -2.80. The molecule has 0 aliphatic rings. The highest BCUT2D eigenvalue weighted by molar-refractivity contribution is 7.20. The molecule has 25 heavy (non-hydrogen) atoms. The normalized spacial score (nSPS) is 11.5. The van der Waals surface area contributed by atoms with Gasteiger partial charge in [-0.05, 0) is 29.5 Å². The van der Waals surface area contributed by atoms with E-state index in [1.807, 2.05) is 19.1 Å². The molecule has 128 valence electrons. The third kappa shape index (κ3) is 3.51. The van der Waals surface area contributed by atoms with Crippen molar-refractivity contribution in [2.75, 3.05) is 5.73 Å². The Morgan fingerprint density at radius 3 is 2.64 bits per heavy atom. The van der Waals surface area contributed by atoms with Crippen molar-refractivity contribution in [3.05, 3.63) is 52.2 Å². The van der Waals surface area contributed by atoms with E-state index in [0.717, 1.165) is 16.5 Å². The summed E-state index contributed by atoms with van der Waals surface area (Å²) in [4.78, 5) is 21.7. The van der Waals surface area contributed by atoms with Gasteiger partial charge in [-0.15, -0.1) is 11.3 Å². The number of hydrogen-bond acceptors (Lipinski definition) is 6. The van der Waals surface area contributed by atoms with Crippen LogP contribution in [0.3, 0.4) is 0 Å². The molecular formula is C18H19N5OS. The Balaban J connectivity index is 1.74. The lowest BCUT2D eigenvalue weighted by Gasteiger charge is -2.04. The summed E-state index contributed by atoms with van der Waals surface area (Å²) in [6, 6.07) is 8.08. The number of nitrogens with two attached hydrogens (primary N) is 1. The van der Waals surface area contributed by atoms with E-state index in [4.69, 9.17) is 5.73 Å². The predicted octanol–water partition coefficient (Wildman–Crippen LogP) is 3.47. The minimum absolute atomic E-state index is 0.282. The molecule has 0 saturated heterocycles. The van der Waals surface area contributed by atoms with Gasteiger partial charge in [-0.2, -0.15) is 5.10 Å². The quantitative estimate of drug-likeness (QED) is 0.555. The van der Waals surface area contributed by atoms with Crippen LogP contribution in [0.5, 0.6) is 0 Å². The molecule has 2 aromatic heterocycles. The maximum absolute atomic E-state index is 12.4.